The van der Waals surface area contributed by atoms with E-state index in [4.69, 9.17) is 5.73 Å². The highest BCUT2D eigenvalue weighted by molar-refractivity contribution is 5.41. The van der Waals surface area contributed by atoms with Gasteiger partial charge in [0.2, 0.25) is 0 Å². The lowest BCUT2D eigenvalue weighted by Crippen LogP contribution is -2.18. The van der Waals surface area contributed by atoms with Crippen LogP contribution in [0.3, 0.4) is 0 Å². The Morgan fingerprint density at radius 2 is 1.94 bits per heavy atom. The summed E-state index contributed by atoms with van der Waals surface area (Å²) >= 11 is 0. The van der Waals surface area contributed by atoms with Crippen LogP contribution in [0.15, 0.2) is 36.9 Å². The highest BCUT2D eigenvalue weighted by Gasteiger charge is 2.03. The molecule has 2 aromatic rings. The van der Waals surface area contributed by atoms with E-state index in [9.17, 15) is 0 Å². The number of anilines is 2. The van der Waals surface area contributed by atoms with E-state index in [0.29, 0.717) is 5.82 Å². The summed E-state index contributed by atoms with van der Waals surface area (Å²) in [5.74, 6) is 1.19. The fraction of sp³-hybridized carbons (Fsp3) is 0.182. The molecule has 2 aromatic heterocycles. The molecule has 2 rings (SSSR count). The van der Waals surface area contributed by atoms with Gasteiger partial charge in [0.05, 0.1) is 12.4 Å². The maximum absolute atomic E-state index is 5.58. The molecular formula is C11H13N5. The average molecular weight is 215 g/mol. The molecule has 0 bridgehead atoms. The molecule has 2 heterocycles. The van der Waals surface area contributed by atoms with Gasteiger partial charge in [-0.1, -0.05) is 0 Å². The summed E-state index contributed by atoms with van der Waals surface area (Å²) in [5.41, 5.74) is 6.75. The maximum Gasteiger partial charge on any atom is 0.149 e. The molecule has 0 aromatic carbocycles. The van der Waals surface area contributed by atoms with Crippen molar-refractivity contribution in [2.45, 2.75) is 6.54 Å². The van der Waals surface area contributed by atoms with Crippen LogP contribution in [0.1, 0.15) is 5.56 Å². The maximum atomic E-state index is 5.58. The first-order valence-electron chi connectivity index (χ1n) is 4.93. The van der Waals surface area contributed by atoms with Crippen LogP contribution in [0.25, 0.3) is 0 Å². The largest absolute Gasteiger partial charge is 0.382 e. The number of nitrogen functional groups attached to an aromatic ring is 1. The van der Waals surface area contributed by atoms with Gasteiger partial charge in [0, 0.05) is 26.0 Å². The zero-order valence-electron chi connectivity index (χ0n) is 9.04. The summed E-state index contributed by atoms with van der Waals surface area (Å²) in [4.78, 5) is 14.2. The molecule has 0 aliphatic rings. The second kappa shape index (κ2) is 4.57. The molecule has 5 nitrogen and oxygen atoms in total. The molecule has 5 heteroatoms. The molecule has 2 N–H and O–H groups in total. The first-order valence-corrected chi connectivity index (χ1v) is 4.93. The SMILES string of the molecule is CN(Cc1ccncc1)c1cncc(N)n1. The third kappa shape index (κ3) is 2.44. The van der Waals surface area contributed by atoms with Crippen molar-refractivity contribution in [3.63, 3.8) is 0 Å². The van der Waals surface area contributed by atoms with E-state index >= 15 is 0 Å². The summed E-state index contributed by atoms with van der Waals surface area (Å²) in [6.45, 7) is 0.751. The number of hydrogen-bond acceptors (Lipinski definition) is 5. The average Bonchev–Trinajstić information content (AvgIpc) is 2.30. The molecule has 0 spiro atoms. The molecule has 0 aliphatic heterocycles. The Hall–Kier alpha value is -2.17. The third-order valence-corrected chi connectivity index (χ3v) is 2.20. The summed E-state index contributed by atoms with van der Waals surface area (Å²) in [5, 5.41) is 0. The topological polar surface area (TPSA) is 67.9 Å². The first kappa shape index (κ1) is 10.4. The monoisotopic (exact) mass is 215 g/mol. The molecule has 0 unspecified atom stereocenters. The molecule has 0 saturated carbocycles. The van der Waals surface area contributed by atoms with E-state index in [0.717, 1.165) is 12.4 Å². The fourth-order valence-corrected chi connectivity index (χ4v) is 1.40. The number of nitrogens with zero attached hydrogens (tertiary/aromatic N) is 4. The van der Waals surface area contributed by atoms with Crippen molar-refractivity contribution >= 4 is 11.6 Å². The van der Waals surface area contributed by atoms with Crippen molar-refractivity contribution in [2.75, 3.05) is 17.7 Å². The quantitative estimate of drug-likeness (QED) is 0.830. The van der Waals surface area contributed by atoms with E-state index < -0.39 is 0 Å². The van der Waals surface area contributed by atoms with Gasteiger partial charge in [0.25, 0.3) is 0 Å². The van der Waals surface area contributed by atoms with Crippen LogP contribution >= 0.6 is 0 Å². The molecule has 82 valence electrons. The molecule has 0 atom stereocenters. The van der Waals surface area contributed by atoms with Gasteiger partial charge in [0.15, 0.2) is 0 Å². The van der Waals surface area contributed by atoms with E-state index in [1.165, 1.54) is 11.8 Å². The molecule has 0 amide bonds. The van der Waals surface area contributed by atoms with Crippen molar-refractivity contribution in [3.8, 4) is 0 Å². The van der Waals surface area contributed by atoms with Crippen molar-refractivity contribution in [2.24, 2.45) is 0 Å². The zero-order valence-corrected chi connectivity index (χ0v) is 9.04. The summed E-state index contributed by atoms with van der Waals surface area (Å²) in [6.07, 6.45) is 6.77. The normalized spacial score (nSPS) is 10.1. The van der Waals surface area contributed by atoms with E-state index in [1.807, 2.05) is 24.1 Å². The van der Waals surface area contributed by atoms with Gasteiger partial charge < -0.3 is 10.6 Å². The highest BCUT2D eigenvalue weighted by Crippen LogP contribution is 2.11. The minimum absolute atomic E-state index is 0.430. The summed E-state index contributed by atoms with van der Waals surface area (Å²) in [7, 11) is 1.95. The van der Waals surface area contributed by atoms with Crippen LogP contribution in [-0.4, -0.2) is 22.0 Å². The van der Waals surface area contributed by atoms with Crippen molar-refractivity contribution in [1.82, 2.24) is 15.0 Å². The molecular weight excluding hydrogens is 202 g/mol. The molecule has 0 radical (unpaired) electrons. The minimum atomic E-state index is 0.430. The van der Waals surface area contributed by atoms with Crippen molar-refractivity contribution in [1.29, 1.82) is 0 Å². The number of aromatic nitrogens is 3. The van der Waals surface area contributed by atoms with Crippen LogP contribution < -0.4 is 10.6 Å². The third-order valence-electron chi connectivity index (χ3n) is 2.20. The number of nitrogens with two attached hydrogens (primary N) is 1. The van der Waals surface area contributed by atoms with Gasteiger partial charge in [-0.15, -0.1) is 0 Å². The molecule has 0 saturated heterocycles. The number of rotatable bonds is 3. The number of hydrogen-bond donors (Lipinski definition) is 1. The lowest BCUT2D eigenvalue weighted by atomic mass is 10.2. The smallest absolute Gasteiger partial charge is 0.149 e. The van der Waals surface area contributed by atoms with Crippen LogP contribution in [-0.2, 0) is 6.54 Å². The van der Waals surface area contributed by atoms with Gasteiger partial charge in [-0.05, 0) is 17.7 Å². The zero-order chi connectivity index (χ0) is 11.4. The second-order valence-corrected chi connectivity index (χ2v) is 3.51. The Morgan fingerprint density at radius 3 is 2.62 bits per heavy atom. The van der Waals surface area contributed by atoms with Gasteiger partial charge in [-0.3, -0.25) is 9.97 Å². The standard InChI is InChI=1S/C11H13N5/c1-16(8-9-2-4-13-5-3-9)11-7-14-6-10(12)15-11/h2-7H,8H2,1H3,(H2,12,15). The van der Waals surface area contributed by atoms with Crippen LogP contribution in [0.2, 0.25) is 0 Å². The predicted molar refractivity (Wildman–Crippen MR) is 62.8 cm³/mol. The minimum Gasteiger partial charge on any atom is -0.382 e. The summed E-state index contributed by atoms with van der Waals surface area (Å²) in [6, 6.07) is 3.94. The van der Waals surface area contributed by atoms with Gasteiger partial charge in [-0.25, -0.2) is 4.98 Å². The fourth-order valence-electron chi connectivity index (χ4n) is 1.40. The Kier molecular flexibility index (Phi) is 2.95. The lowest BCUT2D eigenvalue weighted by molar-refractivity contribution is 0.889. The Balaban J connectivity index is 2.12. The van der Waals surface area contributed by atoms with E-state index in [-0.39, 0.29) is 0 Å². The lowest BCUT2D eigenvalue weighted by Gasteiger charge is -2.17. The van der Waals surface area contributed by atoms with E-state index in [2.05, 4.69) is 15.0 Å². The second-order valence-electron chi connectivity index (χ2n) is 3.51. The molecule has 0 fully saturated rings. The highest BCUT2D eigenvalue weighted by atomic mass is 15.2. The van der Waals surface area contributed by atoms with Crippen molar-refractivity contribution in [3.05, 3.63) is 42.5 Å². The summed E-state index contributed by atoms with van der Waals surface area (Å²) < 4.78 is 0. The molecule has 16 heavy (non-hydrogen) atoms. The van der Waals surface area contributed by atoms with Crippen LogP contribution in [0, 0.1) is 0 Å². The van der Waals surface area contributed by atoms with Crippen LogP contribution in [0.5, 0.6) is 0 Å². The van der Waals surface area contributed by atoms with Crippen molar-refractivity contribution < 1.29 is 0 Å². The Morgan fingerprint density at radius 1 is 1.19 bits per heavy atom. The van der Waals surface area contributed by atoms with E-state index in [1.54, 1.807) is 18.6 Å². The predicted octanol–water partition coefficient (Wildman–Crippen LogP) is 1.09. The van der Waals surface area contributed by atoms with Gasteiger partial charge in [0.1, 0.15) is 11.6 Å². The van der Waals surface area contributed by atoms with Gasteiger partial charge >= 0.3 is 0 Å². The van der Waals surface area contributed by atoms with Crippen LogP contribution in [0.4, 0.5) is 11.6 Å². The van der Waals surface area contributed by atoms with Gasteiger partial charge in [-0.2, -0.15) is 0 Å². The number of pyridine rings is 1. The molecule has 0 aliphatic carbocycles. The first-order chi connectivity index (χ1) is 7.75. The Labute approximate surface area is 94.0 Å². The Bertz CT molecular complexity index is 457.